The highest BCUT2D eigenvalue weighted by Gasteiger charge is 2.26. The lowest BCUT2D eigenvalue weighted by Gasteiger charge is -2.29. The van der Waals surface area contributed by atoms with Crippen LogP contribution in [0.3, 0.4) is 0 Å². The molecule has 0 atom stereocenters. The minimum atomic E-state index is -0.297. The lowest BCUT2D eigenvalue weighted by Crippen LogP contribution is -2.47. The van der Waals surface area contributed by atoms with Gasteiger partial charge in [-0.1, -0.05) is 18.6 Å². The number of benzene rings is 2. The number of carbonyl (C=O) groups excluding carboxylic acids is 3. The highest BCUT2D eigenvalue weighted by molar-refractivity contribution is 6.09. The standard InChI is InChI=1S/C22H26N4O4/c1-30-17-12-10-16(11-13-17)24-20(27)9-3-2-6-14-23-22(29)26-15-21(28)25-18-7-4-5-8-19(18)26/h4-5,7-8,10-13H,2-3,6,9,14-15H2,1H3,(H,23,29)(H,24,27)(H,25,28). The first-order valence-electron chi connectivity index (χ1n) is 9.95. The van der Waals surface area contributed by atoms with Crippen molar-refractivity contribution in [2.45, 2.75) is 25.7 Å². The van der Waals surface area contributed by atoms with Crippen molar-refractivity contribution in [1.82, 2.24) is 5.32 Å². The molecule has 8 heteroatoms. The van der Waals surface area contributed by atoms with Crippen LogP contribution in [0.5, 0.6) is 5.75 Å². The van der Waals surface area contributed by atoms with E-state index in [1.807, 2.05) is 12.1 Å². The monoisotopic (exact) mass is 410 g/mol. The number of ether oxygens (including phenoxy) is 1. The van der Waals surface area contributed by atoms with Crippen molar-refractivity contribution in [2.24, 2.45) is 0 Å². The Morgan fingerprint density at radius 3 is 2.60 bits per heavy atom. The van der Waals surface area contributed by atoms with Crippen LogP contribution in [0.2, 0.25) is 0 Å². The molecule has 2 aromatic rings. The molecule has 3 rings (SSSR count). The third-order valence-corrected chi connectivity index (χ3v) is 4.75. The summed E-state index contributed by atoms with van der Waals surface area (Å²) in [6, 6.07) is 14.1. The third kappa shape index (κ3) is 5.73. The molecule has 0 bridgehead atoms. The lowest BCUT2D eigenvalue weighted by molar-refractivity contribution is -0.116. The molecule has 158 valence electrons. The zero-order valence-electron chi connectivity index (χ0n) is 16.9. The number of methoxy groups -OCH3 is 1. The number of nitrogens with one attached hydrogen (secondary N) is 3. The fourth-order valence-corrected chi connectivity index (χ4v) is 3.19. The van der Waals surface area contributed by atoms with E-state index in [2.05, 4.69) is 16.0 Å². The first-order valence-corrected chi connectivity index (χ1v) is 9.95. The van der Waals surface area contributed by atoms with Crippen molar-refractivity contribution in [1.29, 1.82) is 0 Å². The van der Waals surface area contributed by atoms with Crippen LogP contribution in [0.4, 0.5) is 21.9 Å². The van der Waals surface area contributed by atoms with Crippen molar-refractivity contribution in [3.8, 4) is 5.75 Å². The van der Waals surface area contributed by atoms with E-state index in [1.54, 1.807) is 43.5 Å². The van der Waals surface area contributed by atoms with Gasteiger partial charge in [0.1, 0.15) is 12.3 Å². The lowest BCUT2D eigenvalue weighted by atomic mass is 10.2. The Bertz CT molecular complexity index is 898. The van der Waals surface area contributed by atoms with Gasteiger partial charge in [0.15, 0.2) is 0 Å². The van der Waals surface area contributed by atoms with Gasteiger partial charge in [-0.3, -0.25) is 14.5 Å². The Hall–Kier alpha value is -3.55. The van der Waals surface area contributed by atoms with Gasteiger partial charge in [0, 0.05) is 18.7 Å². The molecule has 1 aliphatic heterocycles. The maximum Gasteiger partial charge on any atom is 0.322 e. The fourth-order valence-electron chi connectivity index (χ4n) is 3.19. The normalized spacial score (nSPS) is 12.6. The largest absolute Gasteiger partial charge is 0.497 e. The highest BCUT2D eigenvalue weighted by atomic mass is 16.5. The maximum absolute atomic E-state index is 12.5. The summed E-state index contributed by atoms with van der Waals surface area (Å²) in [5.41, 5.74) is 2.05. The van der Waals surface area contributed by atoms with Gasteiger partial charge in [-0.05, 0) is 49.2 Å². The Kier molecular flexibility index (Phi) is 7.26. The van der Waals surface area contributed by atoms with Crippen LogP contribution in [-0.2, 0) is 9.59 Å². The number of amides is 4. The zero-order valence-corrected chi connectivity index (χ0v) is 16.9. The summed E-state index contributed by atoms with van der Waals surface area (Å²) in [4.78, 5) is 37.7. The molecule has 0 radical (unpaired) electrons. The van der Waals surface area contributed by atoms with Gasteiger partial charge in [-0.15, -0.1) is 0 Å². The average Bonchev–Trinajstić information content (AvgIpc) is 2.75. The van der Waals surface area contributed by atoms with Gasteiger partial charge < -0.3 is 20.7 Å². The summed E-state index contributed by atoms with van der Waals surface area (Å²) in [5.74, 6) is 0.482. The molecule has 0 aliphatic carbocycles. The molecule has 2 aromatic carbocycles. The first kappa shape index (κ1) is 21.2. The Labute approximate surface area is 175 Å². The average molecular weight is 410 g/mol. The molecule has 0 aromatic heterocycles. The van der Waals surface area contributed by atoms with Crippen LogP contribution in [-0.4, -0.2) is 38.0 Å². The van der Waals surface area contributed by atoms with Gasteiger partial charge in [0.05, 0.1) is 18.5 Å². The van der Waals surface area contributed by atoms with E-state index in [1.165, 1.54) is 4.90 Å². The van der Waals surface area contributed by atoms with Crippen LogP contribution >= 0.6 is 0 Å². The second kappa shape index (κ2) is 10.3. The summed E-state index contributed by atoms with van der Waals surface area (Å²) >= 11 is 0. The molecule has 0 saturated carbocycles. The Morgan fingerprint density at radius 1 is 1.07 bits per heavy atom. The van der Waals surface area contributed by atoms with E-state index in [9.17, 15) is 14.4 Å². The number of para-hydroxylation sites is 2. The van der Waals surface area contributed by atoms with E-state index in [0.29, 0.717) is 24.3 Å². The van der Waals surface area contributed by atoms with Crippen LogP contribution in [0.15, 0.2) is 48.5 Å². The fraction of sp³-hybridized carbons (Fsp3) is 0.318. The van der Waals surface area contributed by atoms with Gasteiger partial charge >= 0.3 is 6.03 Å². The molecular formula is C22H26N4O4. The molecule has 1 heterocycles. The van der Waals surface area contributed by atoms with Crippen molar-refractivity contribution in [3.05, 3.63) is 48.5 Å². The maximum atomic E-state index is 12.5. The number of anilines is 3. The van der Waals surface area contributed by atoms with E-state index in [0.717, 1.165) is 30.7 Å². The van der Waals surface area contributed by atoms with Crippen LogP contribution in [0.1, 0.15) is 25.7 Å². The van der Waals surface area contributed by atoms with E-state index >= 15 is 0 Å². The van der Waals surface area contributed by atoms with Gasteiger partial charge in [-0.2, -0.15) is 0 Å². The molecule has 0 saturated heterocycles. The number of unbranched alkanes of at least 4 members (excludes halogenated alkanes) is 2. The SMILES string of the molecule is COc1ccc(NC(=O)CCCCCNC(=O)N2CC(=O)Nc3ccccc32)cc1. The number of urea groups is 1. The second-order valence-corrected chi connectivity index (χ2v) is 6.97. The Balaban J connectivity index is 1.34. The van der Waals surface area contributed by atoms with Crippen LogP contribution < -0.4 is 25.6 Å². The molecular weight excluding hydrogens is 384 g/mol. The van der Waals surface area contributed by atoms with Crippen molar-refractivity contribution in [3.63, 3.8) is 0 Å². The Morgan fingerprint density at radius 2 is 1.83 bits per heavy atom. The third-order valence-electron chi connectivity index (χ3n) is 4.75. The number of rotatable bonds is 8. The van der Waals surface area contributed by atoms with Crippen LogP contribution in [0, 0.1) is 0 Å². The smallest absolute Gasteiger partial charge is 0.322 e. The van der Waals surface area contributed by atoms with Crippen molar-refractivity contribution in [2.75, 3.05) is 35.7 Å². The summed E-state index contributed by atoms with van der Waals surface area (Å²) in [6.07, 6.45) is 2.71. The topological polar surface area (TPSA) is 99.8 Å². The predicted molar refractivity (Wildman–Crippen MR) is 116 cm³/mol. The minimum Gasteiger partial charge on any atom is -0.497 e. The van der Waals surface area contributed by atoms with Gasteiger partial charge in [0.25, 0.3) is 0 Å². The number of hydrogen-bond acceptors (Lipinski definition) is 4. The summed E-state index contributed by atoms with van der Waals surface area (Å²) in [5, 5.41) is 8.45. The first-order chi connectivity index (χ1) is 14.6. The number of carbonyl (C=O) groups is 3. The number of fused-ring (bicyclic) bond motifs is 1. The number of hydrogen-bond donors (Lipinski definition) is 3. The quantitative estimate of drug-likeness (QED) is 0.581. The second-order valence-electron chi connectivity index (χ2n) is 6.97. The van der Waals surface area contributed by atoms with Crippen molar-refractivity contribution >= 4 is 34.9 Å². The molecule has 0 fully saturated rings. The molecule has 30 heavy (non-hydrogen) atoms. The number of nitrogens with zero attached hydrogens (tertiary/aromatic N) is 1. The van der Waals surface area contributed by atoms with Crippen LogP contribution in [0.25, 0.3) is 0 Å². The van der Waals surface area contributed by atoms with E-state index in [4.69, 9.17) is 4.74 Å². The molecule has 1 aliphatic rings. The molecule has 3 N–H and O–H groups in total. The summed E-state index contributed by atoms with van der Waals surface area (Å²) in [7, 11) is 1.60. The summed E-state index contributed by atoms with van der Waals surface area (Å²) < 4.78 is 5.09. The predicted octanol–water partition coefficient (Wildman–Crippen LogP) is 3.36. The molecule has 0 spiro atoms. The molecule has 4 amide bonds. The van der Waals surface area contributed by atoms with Gasteiger partial charge in [-0.25, -0.2) is 4.79 Å². The van der Waals surface area contributed by atoms with Crippen molar-refractivity contribution < 1.29 is 19.1 Å². The minimum absolute atomic E-state index is 0.00558. The van der Waals surface area contributed by atoms with E-state index < -0.39 is 0 Å². The summed E-state index contributed by atoms with van der Waals surface area (Å²) in [6.45, 7) is 0.480. The van der Waals surface area contributed by atoms with E-state index in [-0.39, 0.29) is 24.4 Å². The van der Waals surface area contributed by atoms with Gasteiger partial charge in [0.2, 0.25) is 11.8 Å². The molecule has 0 unspecified atom stereocenters. The zero-order chi connectivity index (χ0) is 21.3. The highest BCUT2D eigenvalue weighted by Crippen LogP contribution is 2.28. The molecule has 8 nitrogen and oxygen atoms in total.